The van der Waals surface area contributed by atoms with Crippen LogP contribution >= 0.6 is 11.6 Å². The molecule has 24 heavy (non-hydrogen) atoms. The van der Waals surface area contributed by atoms with E-state index in [1.165, 1.54) is 6.07 Å². The van der Waals surface area contributed by atoms with Crippen LogP contribution in [0.2, 0.25) is 5.02 Å². The Bertz CT molecular complexity index is 847. The minimum absolute atomic E-state index is 0.185. The Hall–Kier alpha value is -2.80. The Morgan fingerprint density at radius 1 is 1.33 bits per heavy atom. The molecule has 0 saturated carbocycles. The zero-order chi connectivity index (χ0) is 17.1. The molecule has 1 aromatic heterocycles. The normalized spacial score (nSPS) is 10.6. The van der Waals surface area contributed by atoms with Crippen LogP contribution in [-0.4, -0.2) is 22.3 Å². The van der Waals surface area contributed by atoms with E-state index in [0.29, 0.717) is 33.8 Å². The zero-order valence-corrected chi connectivity index (χ0v) is 13.6. The molecule has 0 amide bonds. The van der Waals surface area contributed by atoms with Gasteiger partial charge in [0, 0.05) is 22.7 Å². The van der Waals surface area contributed by atoms with E-state index in [4.69, 9.17) is 22.1 Å². The van der Waals surface area contributed by atoms with Gasteiger partial charge in [-0.2, -0.15) is 10.1 Å². The highest BCUT2D eigenvalue weighted by atomic mass is 35.5. The minimum atomic E-state index is -0.377. The number of methoxy groups -OCH3 is 1. The van der Waals surface area contributed by atoms with Crippen LogP contribution < -0.4 is 15.8 Å². The Labute approximate surface area is 142 Å². The molecule has 0 radical (unpaired) electrons. The summed E-state index contributed by atoms with van der Waals surface area (Å²) in [5.74, 6) is 1.07. The topological polar surface area (TPSA) is 88.8 Å². The molecule has 1 heterocycles. The molecular formula is C16H15ClFN5O. The second-order valence-corrected chi connectivity index (χ2v) is 5.43. The fraction of sp³-hybridized carbons (Fsp3) is 0.125. The van der Waals surface area contributed by atoms with Gasteiger partial charge in [-0.05, 0) is 30.3 Å². The molecule has 0 spiro atoms. The maximum atomic E-state index is 13.7. The first-order valence-corrected chi connectivity index (χ1v) is 7.49. The highest BCUT2D eigenvalue weighted by molar-refractivity contribution is 6.31. The summed E-state index contributed by atoms with van der Waals surface area (Å²) in [6, 6.07) is 9.81. The summed E-state index contributed by atoms with van der Waals surface area (Å²) in [4.78, 5) is 4.31. The summed E-state index contributed by atoms with van der Waals surface area (Å²) in [6.45, 7) is 0.185. The van der Waals surface area contributed by atoms with E-state index in [1.807, 2.05) is 0 Å². The van der Waals surface area contributed by atoms with Crippen LogP contribution in [0.15, 0.2) is 36.4 Å². The Morgan fingerprint density at radius 3 is 2.88 bits per heavy atom. The van der Waals surface area contributed by atoms with Crippen LogP contribution in [0.5, 0.6) is 5.75 Å². The fourth-order valence-electron chi connectivity index (χ4n) is 2.22. The number of nitrogens with zero attached hydrogens (tertiary/aromatic N) is 2. The van der Waals surface area contributed by atoms with Crippen molar-refractivity contribution in [1.82, 2.24) is 15.2 Å². The van der Waals surface area contributed by atoms with Gasteiger partial charge < -0.3 is 15.8 Å². The van der Waals surface area contributed by atoms with Gasteiger partial charge in [0.2, 0.25) is 5.95 Å². The van der Waals surface area contributed by atoms with Gasteiger partial charge >= 0.3 is 0 Å². The molecule has 0 aliphatic carbocycles. The summed E-state index contributed by atoms with van der Waals surface area (Å²) >= 11 is 5.99. The number of hydrogen-bond donors (Lipinski definition) is 3. The maximum Gasteiger partial charge on any atom is 0.219 e. The first kappa shape index (κ1) is 16.1. The highest BCUT2D eigenvalue weighted by Gasteiger charge is 2.10. The standard InChI is InChI=1S/C16H15ClFN5O/c1-24-14-6-5-9(7-13(14)19)15-21-16(23-22-15)20-8-10-11(17)3-2-4-12(10)18/h2-7H,8,19H2,1H3,(H2,20,21,22,23). The molecule has 0 unspecified atom stereocenters. The van der Waals surface area contributed by atoms with Crippen molar-refractivity contribution < 1.29 is 9.13 Å². The van der Waals surface area contributed by atoms with Crippen molar-refractivity contribution in [1.29, 1.82) is 0 Å². The molecule has 0 bridgehead atoms. The molecule has 4 N–H and O–H groups in total. The van der Waals surface area contributed by atoms with E-state index in [2.05, 4.69) is 20.5 Å². The predicted octanol–water partition coefficient (Wildman–Crippen LogP) is 3.47. The summed E-state index contributed by atoms with van der Waals surface area (Å²) in [5, 5.41) is 10.2. The molecule has 3 rings (SSSR count). The molecule has 0 aliphatic rings. The van der Waals surface area contributed by atoms with Gasteiger partial charge in [0.05, 0.1) is 12.8 Å². The molecule has 0 saturated heterocycles. The second-order valence-electron chi connectivity index (χ2n) is 5.02. The smallest absolute Gasteiger partial charge is 0.219 e. The van der Waals surface area contributed by atoms with E-state index in [-0.39, 0.29) is 12.4 Å². The predicted molar refractivity (Wildman–Crippen MR) is 91.5 cm³/mol. The first-order valence-electron chi connectivity index (χ1n) is 7.11. The van der Waals surface area contributed by atoms with Crippen molar-refractivity contribution in [3.05, 3.63) is 52.8 Å². The summed E-state index contributed by atoms with van der Waals surface area (Å²) in [6.07, 6.45) is 0. The van der Waals surface area contributed by atoms with Crippen LogP contribution in [0, 0.1) is 5.82 Å². The number of benzene rings is 2. The fourth-order valence-corrected chi connectivity index (χ4v) is 2.45. The van der Waals surface area contributed by atoms with Crippen LogP contribution in [-0.2, 0) is 6.54 Å². The van der Waals surface area contributed by atoms with Gasteiger partial charge in [0.1, 0.15) is 11.6 Å². The molecular weight excluding hydrogens is 333 g/mol. The van der Waals surface area contributed by atoms with Gasteiger partial charge in [0.25, 0.3) is 0 Å². The number of aromatic amines is 1. The van der Waals surface area contributed by atoms with Crippen molar-refractivity contribution >= 4 is 23.2 Å². The van der Waals surface area contributed by atoms with E-state index in [9.17, 15) is 4.39 Å². The Balaban J connectivity index is 1.75. The van der Waals surface area contributed by atoms with Crippen LogP contribution in [0.1, 0.15) is 5.56 Å². The van der Waals surface area contributed by atoms with Gasteiger partial charge in [-0.3, -0.25) is 0 Å². The molecule has 3 aromatic rings. The average Bonchev–Trinajstić information content (AvgIpc) is 3.03. The van der Waals surface area contributed by atoms with Crippen molar-refractivity contribution in [2.24, 2.45) is 0 Å². The summed E-state index contributed by atoms with van der Waals surface area (Å²) < 4.78 is 18.9. The van der Waals surface area contributed by atoms with Crippen molar-refractivity contribution in [3.63, 3.8) is 0 Å². The Kier molecular flexibility index (Phi) is 4.52. The number of halogens is 2. The van der Waals surface area contributed by atoms with Crippen LogP contribution in [0.3, 0.4) is 0 Å². The third kappa shape index (κ3) is 3.26. The van der Waals surface area contributed by atoms with Gasteiger partial charge in [0.15, 0.2) is 5.82 Å². The quantitative estimate of drug-likeness (QED) is 0.615. The monoisotopic (exact) mass is 347 g/mol. The molecule has 0 aliphatic heterocycles. The van der Waals surface area contributed by atoms with E-state index >= 15 is 0 Å². The minimum Gasteiger partial charge on any atom is -0.495 e. The van der Waals surface area contributed by atoms with Crippen molar-refractivity contribution in [2.75, 3.05) is 18.2 Å². The number of nitrogen functional groups attached to an aromatic ring is 1. The third-order valence-corrected chi connectivity index (χ3v) is 3.82. The zero-order valence-electron chi connectivity index (χ0n) is 12.8. The third-order valence-electron chi connectivity index (χ3n) is 3.47. The number of rotatable bonds is 5. The van der Waals surface area contributed by atoms with E-state index in [0.717, 1.165) is 5.56 Å². The lowest BCUT2D eigenvalue weighted by Crippen LogP contribution is -2.04. The lowest BCUT2D eigenvalue weighted by molar-refractivity contribution is 0.417. The number of aromatic nitrogens is 3. The second kappa shape index (κ2) is 6.76. The number of nitrogens with two attached hydrogens (primary N) is 1. The molecule has 0 atom stereocenters. The lowest BCUT2D eigenvalue weighted by Gasteiger charge is -2.06. The molecule has 0 fully saturated rings. The largest absolute Gasteiger partial charge is 0.495 e. The van der Waals surface area contributed by atoms with Gasteiger partial charge in [-0.25, -0.2) is 9.49 Å². The Morgan fingerprint density at radius 2 is 2.17 bits per heavy atom. The van der Waals surface area contributed by atoms with Crippen LogP contribution in [0.25, 0.3) is 11.4 Å². The van der Waals surface area contributed by atoms with Crippen molar-refractivity contribution in [2.45, 2.75) is 6.54 Å². The van der Waals surface area contributed by atoms with Crippen molar-refractivity contribution in [3.8, 4) is 17.1 Å². The molecule has 8 heteroatoms. The SMILES string of the molecule is COc1ccc(-c2n[nH]c(NCc3c(F)cccc3Cl)n2)cc1N. The van der Waals surface area contributed by atoms with E-state index in [1.54, 1.807) is 37.4 Å². The van der Waals surface area contributed by atoms with Gasteiger partial charge in [-0.1, -0.05) is 17.7 Å². The number of nitrogens with one attached hydrogen (secondary N) is 2. The number of anilines is 2. The van der Waals surface area contributed by atoms with Crippen LogP contribution in [0.4, 0.5) is 16.0 Å². The lowest BCUT2D eigenvalue weighted by atomic mass is 10.2. The van der Waals surface area contributed by atoms with E-state index < -0.39 is 0 Å². The first-order chi connectivity index (χ1) is 11.6. The molecule has 124 valence electrons. The maximum absolute atomic E-state index is 13.7. The summed E-state index contributed by atoms with van der Waals surface area (Å²) in [7, 11) is 1.55. The van der Waals surface area contributed by atoms with Gasteiger partial charge in [-0.15, -0.1) is 0 Å². The number of ether oxygens (including phenoxy) is 1. The number of H-pyrrole nitrogens is 1. The molecule has 6 nitrogen and oxygen atoms in total. The molecule has 2 aromatic carbocycles. The average molecular weight is 348 g/mol. The summed E-state index contributed by atoms with van der Waals surface area (Å²) in [5.41, 5.74) is 7.48. The number of hydrogen-bond acceptors (Lipinski definition) is 5. The highest BCUT2D eigenvalue weighted by Crippen LogP contribution is 2.27.